The highest BCUT2D eigenvalue weighted by Gasteiger charge is 2.01. The van der Waals surface area contributed by atoms with E-state index in [9.17, 15) is 0 Å². The summed E-state index contributed by atoms with van der Waals surface area (Å²) in [6.45, 7) is 0.783. The van der Waals surface area contributed by atoms with Gasteiger partial charge in [-0.05, 0) is 17.7 Å². The van der Waals surface area contributed by atoms with Crippen molar-refractivity contribution in [2.75, 3.05) is 12.4 Å². The SMILES string of the molecule is COc1cc(NCc2ccccc2)ccc1Cl. The van der Waals surface area contributed by atoms with Gasteiger partial charge < -0.3 is 10.1 Å². The van der Waals surface area contributed by atoms with Crippen molar-refractivity contribution in [3.05, 3.63) is 59.1 Å². The van der Waals surface area contributed by atoms with Crippen LogP contribution in [0.15, 0.2) is 48.5 Å². The molecule has 2 aromatic carbocycles. The van der Waals surface area contributed by atoms with Gasteiger partial charge in [-0.2, -0.15) is 0 Å². The largest absolute Gasteiger partial charge is 0.495 e. The summed E-state index contributed by atoms with van der Waals surface area (Å²) in [4.78, 5) is 0. The molecule has 0 saturated carbocycles. The van der Waals surface area contributed by atoms with Crippen molar-refractivity contribution in [2.24, 2.45) is 0 Å². The lowest BCUT2D eigenvalue weighted by Gasteiger charge is -2.09. The first-order valence-electron chi connectivity index (χ1n) is 5.41. The van der Waals surface area contributed by atoms with E-state index in [0.717, 1.165) is 12.2 Å². The first kappa shape index (κ1) is 11.8. The molecule has 0 fully saturated rings. The van der Waals surface area contributed by atoms with E-state index in [0.29, 0.717) is 10.8 Å². The van der Waals surface area contributed by atoms with Gasteiger partial charge >= 0.3 is 0 Å². The van der Waals surface area contributed by atoms with E-state index in [1.807, 2.05) is 36.4 Å². The summed E-state index contributed by atoms with van der Waals surface area (Å²) in [7, 11) is 1.61. The van der Waals surface area contributed by atoms with Crippen molar-refractivity contribution in [3.63, 3.8) is 0 Å². The van der Waals surface area contributed by atoms with Crippen LogP contribution in [0, 0.1) is 0 Å². The maximum Gasteiger partial charge on any atom is 0.139 e. The highest BCUT2D eigenvalue weighted by molar-refractivity contribution is 6.32. The number of nitrogens with one attached hydrogen (secondary N) is 1. The monoisotopic (exact) mass is 247 g/mol. The molecular formula is C14H14ClNO. The number of rotatable bonds is 4. The predicted molar refractivity (Wildman–Crippen MR) is 71.8 cm³/mol. The molecule has 0 saturated heterocycles. The van der Waals surface area contributed by atoms with Crippen LogP contribution >= 0.6 is 11.6 Å². The van der Waals surface area contributed by atoms with Gasteiger partial charge in [0.05, 0.1) is 12.1 Å². The fourth-order valence-corrected chi connectivity index (χ4v) is 1.76. The van der Waals surface area contributed by atoms with Crippen LogP contribution < -0.4 is 10.1 Å². The van der Waals surface area contributed by atoms with Gasteiger partial charge in [0.2, 0.25) is 0 Å². The zero-order valence-corrected chi connectivity index (χ0v) is 10.4. The maximum atomic E-state index is 5.96. The van der Waals surface area contributed by atoms with Gasteiger partial charge in [-0.25, -0.2) is 0 Å². The summed E-state index contributed by atoms with van der Waals surface area (Å²) in [5.41, 5.74) is 2.23. The van der Waals surface area contributed by atoms with Crippen LogP contribution in [-0.2, 0) is 6.54 Å². The fourth-order valence-electron chi connectivity index (χ4n) is 1.57. The van der Waals surface area contributed by atoms with E-state index >= 15 is 0 Å². The molecule has 3 heteroatoms. The third kappa shape index (κ3) is 3.14. The molecule has 0 amide bonds. The molecule has 1 N–H and O–H groups in total. The number of hydrogen-bond acceptors (Lipinski definition) is 2. The van der Waals surface area contributed by atoms with Crippen LogP contribution in [-0.4, -0.2) is 7.11 Å². The topological polar surface area (TPSA) is 21.3 Å². The Morgan fingerprint density at radius 1 is 1.12 bits per heavy atom. The highest BCUT2D eigenvalue weighted by Crippen LogP contribution is 2.27. The molecule has 88 valence electrons. The molecule has 0 unspecified atom stereocenters. The standard InChI is InChI=1S/C14H14ClNO/c1-17-14-9-12(7-8-13(14)15)16-10-11-5-3-2-4-6-11/h2-9,16H,10H2,1H3. The van der Waals surface area contributed by atoms with E-state index < -0.39 is 0 Å². The molecule has 2 aromatic rings. The van der Waals surface area contributed by atoms with Crippen molar-refractivity contribution < 1.29 is 4.74 Å². The summed E-state index contributed by atoms with van der Waals surface area (Å²) in [6, 6.07) is 15.9. The minimum atomic E-state index is 0.623. The second-order valence-electron chi connectivity index (χ2n) is 3.69. The van der Waals surface area contributed by atoms with Crippen LogP contribution in [0.2, 0.25) is 5.02 Å². The van der Waals surface area contributed by atoms with Crippen LogP contribution in [0.3, 0.4) is 0 Å². The summed E-state index contributed by atoms with van der Waals surface area (Å²) < 4.78 is 5.17. The Balaban J connectivity index is 2.04. The quantitative estimate of drug-likeness (QED) is 0.883. The minimum Gasteiger partial charge on any atom is -0.495 e. The Labute approximate surface area is 106 Å². The van der Waals surface area contributed by atoms with Crippen molar-refractivity contribution in [1.29, 1.82) is 0 Å². The third-order valence-electron chi connectivity index (χ3n) is 2.49. The van der Waals surface area contributed by atoms with E-state index in [-0.39, 0.29) is 0 Å². The van der Waals surface area contributed by atoms with Crippen molar-refractivity contribution in [1.82, 2.24) is 0 Å². The molecule has 0 aliphatic rings. The molecular weight excluding hydrogens is 234 g/mol. The molecule has 0 spiro atoms. The minimum absolute atomic E-state index is 0.623. The maximum absolute atomic E-state index is 5.96. The molecule has 0 aliphatic carbocycles. The first-order valence-corrected chi connectivity index (χ1v) is 5.79. The molecule has 0 radical (unpaired) electrons. The lowest BCUT2D eigenvalue weighted by Crippen LogP contribution is -1.99. The van der Waals surface area contributed by atoms with Gasteiger partial charge in [0.25, 0.3) is 0 Å². The van der Waals surface area contributed by atoms with Gasteiger partial charge in [0, 0.05) is 18.3 Å². The summed E-state index contributed by atoms with van der Waals surface area (Å²) >= 11 is 5.96. The Morgan fingerprint density at radius 2 is 1.88 bits per heavy atom. The van der Waals surface area contributed by atoms with Crippen molar-refractivity contribution in [3.8, 4) is 5.75 Å². The van der Waals surface area contributed by atoms with E-state index in [2.05, 4.69) is 17.4 Å². The van der Waals surface area contributed by atoms with Crippen LogP contribution in [0.5, 0.6) is 5.75 Å². The Bertz CT molecular complexity index is 485. The van der Waals surface area contributed by atoms with E-state index in [4.69, 9.17) is 16.3 Å². The normalized spacial score (nSPS) is 10.0. The average molecular weight is 248 g/mol. The Kier molecular flexibility index (Phi) is 3.89. The Hall–Kier alpha value is -1.67. The summed E-state index contributed by atoms with van der Waals surface area (Å²) in [5, 5.41) is 3.95. The molecule has 0 bridgehead atoms. The van der Waals surface area contributed by atoms with E-state index in [1.165, 1.54) is 5.56 Å². The van der Waals surface area contributed by atoms with Crippen LogP contribution in [0.1, 0.15) is 5.56 Å². The molecule has 0 atom stereocenters. The fraction of sp³-hybridized carbons (Fsp3) is 0.143. The van der Waals surface area contributed by atoms with Gasteiger partial charge in [0.15, 0.2) is 0 Å². The number of ether oxygens (including phenoxy) is 1. The van der Waals surface area contributed by atoms with E-state index in [1.54, 1.807) is 7.11 Å². The number of halogens is 1. The van der Waals surface area contributed by atoms with Gasteiger partial charge in [0.1, 0.15) is 5.75 Å². The lowest BCUT2D eigenvalue weighted by molar-refractivity contribution is 0.415. The van der Waals surface area contributed by atoms with Crippen molar-refractivity contribution in [2.45, 2.75) is 6.54 Å². The highest BCUT2D eigenvalue weighted by atomic mass is 35.5. The summed E-state index contributed by atoms with van der Waals surface area (Å²) in [6.07, 6.45) is 0. The van der Waals surface area contributed by atoms with Gasteiger partial charge in [-0.1, -0.05) is 41.9 Å². The number of anilines is 1. The first-order chi connectivity index (χ1) is 8.29. The van der Waals surface area contributed by atoms with Crippen LogP contribution in [0.25, 0.3) is 0 Å². The second-order valence-corrected chi connectivity index (χ2v) is 4.10. The second kappa shape index (κ2) is 5.60. The predicted octanol–water partition coefficient (Wildman–Crippen LogP) is 3.96. The van der Waals surface area contributed by atoms with Crippen LogP contribution in [0.4, 0.5) is 5.69 Å². The molecule has 0 aliphatic heterocycles. The number of methoxy groups -OCH3 is 1. The number of benzene rings is 2. The smallest absolute Gasteiger partial charge is 0.139 e. The molecule has 2 rings (SSSR count). The molecule has 0 aromatic heterocycles. The third-order valence-corrected chi connectivity index (χ3v) is 2.80. The lowest BCUT2D eigenvalue weighted by atomic mass is 10.2. The zero-order valence-electron chi connectivity index (χ0n) is 9.61. The average Bonchev–Trinajstić information content (AvgIpc) is 2.39. The molecule has 0 heterocycles. The summed E-state index contributed by atoms with van der Waals surface area (Å²) in [5.74, 6) is 0.685. The van der Waals surface area contributed by atoms with Crippen molar-refractivity contribution >= 4 is 17.3 Å². The molecule has 2 nitrogen and oxygen atoms in total. The molecule has 17 heavy (non-hydrogen) atoms. The van der Waals surface area contributed by atoms with Gasteiger partial charge in [-0.15, -0.1) is 0 Å². The number of hydrogen-bond donors (Lipinski definition) is 1. The Morgan fingerprint density at radius 3 is 2.59 bits per heavy atom. The zero-order chi connectivity index (χ0) is 12.1. The van der Waals surface area contributed by atoms with Gasteiger partial charge in [-0.3, -0.25) is 0 Å².